The Labute approximate surface area is 120 Å². The highest BCUT2D eigenvalue weighted by atomic mass is 35.5. The van der Waals surface area contributed by atoms with Gasteiger partial charge in [-0.3, -0.25) is 4.68 Å². The van der Waals surface area contributed by atoms with Crippen LogP contribution < -0.4 is 5.73 Å². The first-order valence-corrected chi connectivity index (χ1v) is 7.57. The fourth-order valence-corrected chi connectivity index (χ4v) is 3.22. The van der Waals surface area contributed by atoms with Gasteiger partial charge < -0.3 is 10.5 Å². The van der Waals surface area contributed by atoms with Crippen LogP contribution in [0.1, 0.15) is 50.3 Å². The maximum Gasteiger partial charge on any atom is 0.0834 e. The van der Waals surface area contributed by atoms with Crippen LogP contribution in [0.25, 0.3) is 0 Å². The molecule has 1 unspecified atom stereocenters. The average Bonchev–Trinajstić information content (AvgIpc) is 2.64. The molecular weight excluding hydrogens is 262 g/mol. The lowest BCUT2D eigenvalue weighted by Crippen LogP contribution is -2.25. The monoisotopic (exact) mass is 285 g/mol. The molecule has 2 rings (SSSR count). The maximum atomic E-state index is 6.47. The van der Waals surface area contributed by atoms with Gasteiger partial charge in [0.1, 0.15) is 0 Å². The van der Waals surface area contributed by atoms with Gasteiger partial charge in [0.2, 0.25) is 0 Å². The van der Waals surface area contributed by atoms with Crippen LogP contribution in [-0.4, -0.2) is 23.5 Å². The molecule has 2 N–H and O–H groups in total. The summed E-state index contributed by atoms with van der Waals surface area (Å²) in [5.74, 6) is 0.526. The predicted octanol–water partition coefficient (Wildman–Crippen LogP) is 3.15. The van der Waals surface area contributed by atoms with E-state index in [1.54, 1.807) is 13.3 Å². The molecule has 0 spiro atoms. The van der Waals surface area contributed by atoms with Gasteiger partial charge in [-0.15, -0.1) is 0 Å². The molecule has 0 radical (unpaired) electrons. The fraction of sp³-hybridized carbons (Fsp3) is 0.786. The molecule has 1 aliphatic carbocycles. The number of rotatable bonds is 5. The molecule has 0 saturated heterocycles. The molecule has 1 aromatic rings. The van der Waals surface area contributed by atoms with Crippen LogP contribution >= 0.6 is 11.6 Å². The minimum absolute atomic E-state index is 0.00930. The van der Waals surface area contributed by atoms with Gasteiger partial charge in [-0.25, -0.2) is 0 Å². The average molecular weight is 286 g/mol. The zero-order valence-electron chi connectivity index (χ0n) is 11.6. The van der Waals surface area contributed by atoms with Gasteiger partial charge in [0.25, 0.3) is 0 Å². The van der Waals surface area contributed by atoms with E-state index in [1.807, 2.05) is 4.68 Å². The fourth-order valence-electron chi connectivity index (χ4n) is 2.95. The molecule has 1 heterocycles. The SMILES string of the molecule is COCCn1ncc(Cl)c1C(N)C1CCCCCC1. The third-order valence-electron chi connectivity index (χ3n) is 4.06. The van der Waals surface area contributed by atoms with E-state index in [0.29, 0.717) is 24.1 Å². The molecule has 19 heavy (non-hydrogen) atoms. The van der Waals surface area contributed by atoms with E-state index < -0.39 is 0 Å². The quantitative estimate of drug-likeness (QED) is 0.846. The van der Waals surface area contributed by atoms with E-state index in [4.69, 9.17) is 22.1 Å². The van der Waals surface area contributed by atoms with Crippen molar-refractivity contribution in [2.45, 2.75) is 51.1 Å². The summed E-state index contributed by atoms with van der Waals surface area (Å²) < 4.78 is 7.01. The van der Waals surface area contributed by atoms with Crippen molar-refractivity contribution in [3.63, 3.8) is 0 Å². The van der Waals surface area contributed by atoms with Gasteiger partial charge in [-0.05, 0) is 18.8 Å². The zero-order chi connectivity index (χ0) is 13.7. The van der Waals surface area contributed by atoms with Crippen molar-refractivity contribution in [2.24, 2.45) is 11.7 Å². The van der Waals surface area contributed by atoms with Gasteiger partial charge >= 0.3 is 0 Å². The van der Waals surface area contributed by atoms with Crippen LogP contribution in [0.2, 0.25) is 5.02 Å². The molecule has 5 heteroatoms. The van der Waals surface area contributed by atoms with E-state index in [9.17, 15) is 0 Å². The molecule has 4 nitrogen and oxygen atoms in total. The van der Waals surface area contributed by atoms with Gasteiger partial charge in [-0.1, -0.05) is 37.3 Å². The molecule has 0 aromatic carbocycles. The summed E-state index contributed by atoms with van der Waals surface area (Å²) in [4.78, 5) is 0. The van der Waals surface area contributed by atoms with Crippen molar-refractivity contribution < 1.29 is 4.74 Å². The molecule has 1 aliphatic rings. The number of hydrogen-bond donors (Lipinski definition) is 1. The molecule has 1 saturated carbocycles. The Morgan fingerprint density at radius 1 is 1.42 bits per heavy atom. The second-order valence-corrected chi connectivity index (χ2v) is 5.78. The summed E-state index contributed by atoms with van der Waals surface area (Å²) in [6.45, 7) is 1.33. The summed E-state index contributed by atoms with van der Waals surface area (Å²) >= 11 is 6.27. The number of nitrogens with zero attached hydrogens (tertiary/aromatic N) is 2. The van der Waals surface area contributed by atoms with Gasteiger partial charge in [0, 0.05) is 7.11 Å². The molecule has 0 bridgehead atoms. The smallest absolute Gasteiger partial charge is 0.0834 e. The minimum Gasteiger partial charge on any atom is -0.383 e. The van der Waals surface area contributed by atoms with Crippen LogP contribution in [0.3, 0.4) is 0 Å². The molecule has 1 atom stereocenters. The Kier molecular flexibility index (Phi) is 5.67. The number of methoxy groups -OCH3 is 1. The number of halogens is 1. The normalized spacial score (nSPS) is 19.3. The molecule has 0 aliphatic heterocycles. The van der Waals surface area contributed by atoms with Crippen molar-refractivity contribution >= 4 is 11.6 Å². The second-order valence-electron chi connectivity index (χ2n) is 5.37. The van der Waals surface area contributed by atoms with Crippen molar-refractivity contribution in [1.29, 1.82) is 0 Å². The maximum absolute atomic E-state index is 6.47. The summed E-state index contributed by atoms with van der Waals surface area (Å²) in [6, 6.07) is -0.00930. The van der Waals surface area contributed by atoms with Crippen LogP contribution in [-0.2, 0) is 11.3 Å². The highest BCUT2D eigenvalue weighted by molar-refractivity contribution is 6.31. The second kappa shape index (κ2) is 7.27. The summed E-state index contributed by atoms with van der Waals surface area (Å²) in [7, 11) is 1.69. The van der Waals surface area contributed by atoms with Crippen LogP contribution in [0, 0.1) is 5.92 Å². The first-order valence-electron chi connectivity index (χ1n) is 7.19. The molecular formula is C14H24ClN3O. The van der Waals surface area contributed by atoms with Gasteiger partial charge in [-0.2, -0.15) is 5.10 Å². The van der Waals surface area contributed by atoms with Crippen molar-refractivity contribution in [3.8, 4) is 0 Å². The number of aromatic nitrogens is 2. The molecule has 0 amide bonds. The van der Waals surface area contributed by atoms with E-state index in [2.05, 4.69) is 5.10 Å². The van der Waals surface area contributed by atoms with Crippen molar-refractivity contribution in [2.75, 3.05) is 13.7 Å². The topological polar surface area (TPSA) is 53.1 Å². The number of nitrogens with two attached hydrogens (primary N) is 1. The Hall–Kier alpha value is -0.580. The highest BCUT2D eigenvalue weighted by Crippen LogP contribution is 2.34. The van der Waals surface area contributed by atoms with Crippen molar-refractivity contribution in [3.05, 3.63) is 16.9 Å². The van der Waals surface area contributed by atoms with Crippen molar-refractivity contribution in [1.82, 2.24) is 9.78 Å². The largest absolute Gasteiger partial charge is 0.383 e. The lowest BCUT2D eigenvalue weighted by Gasteiger charge is -2.23. The summed E-state index contributed by atoms with van der Waals surface area (Å²) in [6.07, 6.45) is 9.33. The zero-order valence-corrected chi connectivity index (χ0v) is 12.4. The van der Waals surface area contributed by atoms with Gasteiger partial charge in [0.05, 0.1) is 36.1 Å². The lowest BCUT2D eigenvalue weighted by molar-refractivity contribution is 0.181. The Bertz CT molecular complexity index is 386. The molecule has 1 aromatic heterocycles. The van der Waals surface area contributed by atoms with E-state index in [1.165, 1.54) is 38.5 Å². The third kappa shape index (κ3) is 3.71. The highest BCUT2D eigenvalue weighted by Gasteiger charge is 2.25. The van der Waals surface area contributed by atoms with E-state index in [0.717, 1.165) is 5.69 Å². The first-order chi connectivity index (χ1) is 9.24. The lowest BCUT2D eigenvalue weighted by atomic mass is 9.90. The van der Waals surface area contributed by atoms with Crippen LogP contribution in [0.5, 0.6) is 0 Å². The van der Waals surface area contributed by atoms with Crippen LogP contribution in [0.4, 0.5) is 0 Å². The van der Waals surface area contributed by atoms with E-state index >= 15 is 0 Å². The van der Waals surface area contributed by atoms with Crippen LogP contribution in [0.15, 0.2) is 6.20 Å². The standard InChI is InChI=1S/C14H24ClN3O/c1-19-9-8-18-14(12(15)10-17-18)13(16)11-6-4-2-3-5-7-11/h10-11,13H,2-9,16H2,1H3. The molecule has 1 fully saturated rings. The summed E-state index contributed by atoms with van der Waals surface area (Å²) in [5, 5.41) is 5.01. The minimum atomic E-state index is -0.00930. The summed E-state index contributed by atoms with van der Waals surface area (Å²) in [5.41, 5.74) is 7.45. The Morgan fingerprint density at radius 2 is 2.11 bits per heavy atom. The Balaban J connectivity index is 2.12. The Morgan fingerprint density at radius 3 is 2.74 bits per heavy atom. The van der Waals surface area contributed by atoms with E-state index in [-0.39, 0.29) is 6.04 Å². The predicted molar refractivity (Wildman–Crippen MR) is 77.2 cm³/mol. The number of hydrogen-bond acceptors (Lipinski definition) is 3. The first kappa shape index (κ1) is 14.8. The van der Waals surface area contributed by atoms with Gasteiger partial charge in [0.15, 0.2) is 0 Å². The number of ether oxygens (including phenoxy) is 1. The third-order valence-corrected chi connectivity index (χ3v) is 4.36. The molecule has 108 valence electrons.